The van der Waals surface area contributed by atoms with Gasteiger partial charge in [-0.15, -0.1) is 0 Å². The highest BCUT2D eigenvalue weighted by atomic mass is 79.9. The Morgan fingerprint density at radius 1 is 0.684 bits per heavy atom. The van der Waals surface area contributed by atoms with Gasteiger partial charge in [0.2, 0.25) is 0 Å². The van der Waals surface area contributed by atoms with Gasteiger partial charge >= 0.3 is 0 Å². The molecule has 0 unspecified atom stereocenters. The second kappa shape index (κ2) is 4.75. The van der Waals surface area contributed by atoms with Crippen LogP contribution in [0.15, 0.2) is 48.5 Å². The molecule has 19 heavy (non-hydrogen) atoms. The van der Waals surface area contributed by atoms with Crippen molar-refractivity contribution in [2.45, 2.75) is 28.9 Å². The number of rotatable bonds is 2. The molecule has 2 aromatic rings. The van der Waals surface area contributed by atoms with Crippen molar-refractivity contribution in [2.75, 3.05) is 0 Å². The van der Waals surface area contributed by atoms with Gasteiger partial charge in [0.15, 0.2) is 0 Å². The molecule has 0 saturated heterocycles. The molecule has 1 saturated carbocycles. The zero-order valence-corrected chi connectivity index (χ0v) is 14.2. The molecular weight excluding hydrogens is 364 g/mol. The second-order valence-corrected chi connectivity index (χ2v) is 9.14. The summed E-state index contributed by atoms with van der Waals surface area (Å²) in [6.07, 6.45) is 0. The molecule has 0 radical (unpaired) electrons. The van der Waals surface area contributed by atoms with Crippen LogP contribution in [-0.2, 0) is 0 Å². The number of hydrogen-bond acceptors (Lipinski definition) is 0. The lowest BCUT2D eigenvalue weighted by Gasteiger charge is -2.02. The fourth-order valence-corrected chi connectivity index (χ4v) is 4.55. The van der Waals surface area contributed by atoms with Crippen LogP contribution in [-0.4, -0.2) is 3.23 Å². The Kier molecular flexibility index (Phi) is 3.34. The SMILES string of the molecule is Cc1ccc([C@@H]2[C@@H](c3ccc(C)cc3)C2(Br)Br)cc1. The molecule has 0 nitrogen and oxygen atoms in total. The van der Waals surface area contributed by atoms with Crippen LogP contribution < -0.4 is 0 Å². The summed E-state index contributed by atoms with van der Waals surface area (Å²) in [5, 5.41) is 0. The van der Waals surface area contributed by atoms with Gasteiger partial charge in [0, 0.05) is 11.8 Å². The van der Waals surface area contributed by atoms with E-state index in [4.69, 9.17) is 0 Å². The van der Waals surface area contributed by atoms with E-state index in [1.54, 1.807) is 0 Å². The molecule has 3 rings (SSSR count). The lowest BCUT2D eigenvalue weighted by atomic mass is 10.0. The molecule has 1 fully saturated rings. The van der Waals surface area contributed by atoms with E-state index < -0.39 is 0 Å². The molecule has 2 heteroatoms. The maximum Gasteiger partial charge on any atom is 0.0954 e. The standard InChI is InChI=1S/C17H16Br2/c1-11-3-7-13(8-4-11)15-16(17(15,18)19)14-9-5-12(2)6-10-14/h3-10,15-16H,1-2H3/t15-,16-/m1/s1. The molecule has 0 spiro atoms. The van der Waals surface area contributed by atoms with E-state index in [2.05, 4.69) is 94.2 Å². The van der Waals surface area contributed by atoms with Crippen molar-refractivity contribution < 1.29 is 0 Å². The number of aryl methyl sites for hydroxylation is 2. The van der Waals surface area contributed by atoms with Crippen molar-refractivity contribution in [3.63, 3.8) is 0 Å². The van der Waals surface area contributed by atoms with Crippen molar-refractivity contribution >= 4 is 31.9 Å². The zero-order chi connectivity index (χ0) is 13.6. The topological polar surface area (TPSA) is 0 Å². The Labute approximate surface area is 131 Å². The summed E-state index contributed by atoms with van der Waals surface area (Å²) in [5.74, 6) is 0.992. The minimum Gasteiger partial charge on any atom is -0.0713 e. The van der Waals surface area contributed by atoms with Crippen molar-refractivity contribution in [1.82, 2.24) is 0 Å². The van der Waals surface area contributed by atoms with Gasteiger partial charge in [0.25, 0.3) is 0 Å². The molecular formula is C17H16Br2. The van der Waals surface area contributed by atoms with Gasteiger partial charge in [-0.2, -0.15) is 0 Å². The Balaban J connectivity index is 1.92. The molecule has 0 aliphatic heterocycles. The maximum absolute atomic E-state index is 3.85. The largest absolute Gasteiger partial charge is 0.0954 e. The Morgan fingerprint density at radius 3 is 1.32 bits per heavy atom. The minimum atomic E-state index is 0.00448. The smallest absolute Gasteiger partial charge is 0.0713 e. The number of benzene rings is 2. The maximum atomic E-state index is 3.85. The van der Waals surface area contributed by atoms with E-state index in [1.807, 2.05) is 0 Å². The van der Waals surface area contributed by atoms with Crippen molar-refractivity contribution in [3.8, 4) is 0 Å². The normalized spacial score (nSPS) is 24.2. The van der Waals surface area contributed by atoms with E-state index in [-0.39, 0.29) is 3.23 Å². The van der Waals surface area contributed by atoms with Crippen LogP contribution in [0.2, 0.25) is 0 Å². The summed E-state index contributed by atoms with van der Waals surface area (Å²) < 4.78 is 0.00448. The minimum absolute atomic E-state index is 0.00448. The third-order valence-corrected chi connectivity index (χ3v) is 5.90. The second-order valence-electron chi connectivity index (χ2n) is 5.45. The van der Waals surface area contributed by atoms with Gasteiger partial charge in [-0.1, -0.05) is 91.5 Å². The molecule has 0 aromatic heterocycles. The summed E-state index contributed by atoms with van der Waals surface area (Å²) in [4.78, 5) is 0. The molecule has 0 bridgehead atoms. The molecule has 0 amide bonds. The van der Waals surface area contributed by atoms with Gasteiger partial charge in [0.05, 0.1) is 3.23 Å². The van der Waals surface area contributed by atoms with Crippen LogP contribution in [0.4, 0.5) is 0 Å². The van der Waals surface area contributed by atoms with Crippen LogP contribution in [0, 0.1) is 13.8 Å². The van der Waals surface area contributed by atoms with Crippen molar-refractivity contribution in [1.29, 1.82) is 0 Å². The number of hydrogen-bond donors (Lipinski definition) is 0. The fourth-order valence-electron chi connectivity index (χ4n) is 2.70. The van der Waals surface area contributed by atoms with E-state index in [0.717, 1.165) is 0 Å². The first-order chi connectivity index (χ1) is 9.00. The summed E-state index contributed by atoms with van der Waals surface area (Å²) in [7, 11) is 0. The summed E-state index contributed by atoms with van der Waals surface area (Å²) in [6.45, 7) is 4.26. The average molecular weight is 380 g/mol. The molecule has 2 aromatic carbocycles. The lowest BCUT2D eigenvalue weighted by Crippen LogP contribution is -1.88. The predicted molar refractivity (Wildman–Crippen MR) is 88.4 cm³/mol. The van der Waals surface area contributed by atoms with E-state index >= 15 is 0 Å². The lowest BCUT2D eigenvalue weighted by molar-refractivity contribution is 1.02. The predicted octanol–water partition coefficient (Wildman–Crippen LogP) is 5.67. The first-order valence-electron chi connectivity index (χ1n) is 6.51. The molecule has 0 N–H and O–H groups in total. The molecule has 1 aliphatic carbocycles. The van der Waals surface area contributed by atoms with Crippen LogP contribution >= 0.6 is 31.9 Å². The van der Waals surface area contributed by atoms with Gasteiger partial charge in [-0.3, -0.25) is 0 Å². The van der Waals surface area contributed by atoms with E-state index in [1.165, 1.54) is 22.3 Å². The van der Waals surface area contributed by atoms with Gasteiger partial charge in [-0.05, 0) is 25.0 Å². The highest BCUT2D eigenvalue weighted by Gasteiger charge is 2.62. The first kappa shape index (κ1) is 13.4. The summed E-state index contributed by atoms with van der Waals surface area (Å²) >= 11 is 7.69. The van der Waals surface area contributed by atoms with Gasteiger partial charge < -0.3 is 0 Å². The monoisotopic (exact) mass is 378 g/mol. The number of alkyl halides is 2. The summed E-state index contributed by atoms with van der Waals surface area (Å²) in [6, 6.07) is 17.7. The quantitative estimate of drug-likeness (QED) is 0.589. The molecule has 1 aliphatic rings. The van der Waals surface area contributed by atoms with Crippen molar-refractivity contribution in [3.05, 3.63) is 70.8 Å². The van der Waals surface area contributed by atoms with E-state index in [0.29, 0.717) is 11.8 Å². The van der Waals surface area contributed by atoms with Gasteiger partial charge in [-0.25, -0.2) is 0 Å². The highest BCUT2D eigenvalue weighted by Crippen LogP contribution is 2.72. The van der Waals surface area contributed by atoms with Gasteiger partial charge in [0.1, 0.15) is 0 Å². The van der Waals surface area contributed by atoms with Crippen LogP contribution in [0.3, 0.4) is 0 Å². The third kappa shape index (κ3) is 2.41. The molecule has 2 atom stereocenters. The Morgan fingerprint density at radius 2 is 1.00 bits per heavy atom. The number of halogens is 2. The van der Waals surface area contributed by atoms with Crippen LogP contribution in [0.5, 0.6) is 0 Å². The molecule has 98 valence electrons. The van der Waals surface area contributed by atoms with Crippen LogP contribution in [0.1, 0.15) is 34.1 Å². The van der Waals surface area contributed by atoms with E-state index in [9.17, 15) is 0 Å². The third-order valence-electron chi connectivity index (χ3n) is 3.93. The first-order valence-corrected chi connectivity index (χ1v) is 8.09. The highest BCUT2D eigenvalue weighted by molar-refractivity contribution is 9.25. The fraction of sp³-hybridized carbons (Fsp3) is 0.294. The van der Waals surface area contributed by atoms with Crippen LogP contribution in [0.25, 0.3) is 0 Å². The molecule has 0 heterocycles. The van der Waals surface area contributed by atoms with Crippen molar-refractivity contribution in [2.24, 2.45) is 0 Å². The Bertz CT molecular complexity index is 528. The average Bonchev–Trinajstić information content (AvgIpc) is 2.94. The summed E-state index contributed by atoms with van der Waals surface area (Å²) in [5.41, 5.74) is 5.41. The zero-order valence-electron chi connectivity index (χ0n) is 11.0. The Hall–Kier alpha value is -0.600.